The minimum Gasteiger partial charge on any atom is -0.342 e. The highest BCUT2D eigenvalue weighted by Gasteiger charge is 2.22. The van der Waals surface area contributed by atoms with Crippen LogP contribution in [0.4, 0.5) is 0 Å². The average Bonchev–Trinajstić information content (AvgIpc) is 3.15. The number of carbonyl (C=O) groups excluding carboxylic acids is 1. The molecule has 3 rings (SSSR count). The first kappa shape index (κ1) is 21.3. The number of hydrogen-bond donors (Lipinski definition) is 1. The molecule has 1 N–H and O–H groups in total. The fourth-order valence-corrected chi connectivity index (χ4v) is 4.20. The normalized spacial score (nSPS) is 13.0. The van der Waals surface area contributed by atoms with Gasteiger partial charge in [-0.1, -0.05) is 6.07 Å². The Hall–Kier alpha value is -2.43. The molecule has 0 bridgehead atoms. The molecule has 1 atom stereocenters. The molecule has 10 heteroatoms. The van der Waals surface area contributed by atoms with Gasteiger partial charge >= 0.3 is 0 Å². The number of hydrogen-bond acceptors (Lipinski definition) is 6. The highest BCUT2D eigenvalue weighted by molar-refractivity contribution is 7.98. The third-order valence-electron chi connectivity index (χ3n) is 4.46. The van der Waals surface area contributed by atoms with Gasteiger partial charge in [0.25, 0.3) is 5.91 Å². The second-order valence-corrected chi connectivity index (χ2v) is 9.74. The largest absolute Gasteiger partial charge is 0.342 e. The van der Waals surface area contributed by atoms with Crippen LogP contribution in [0.5, 0.6) is 0 Å². The Kier molecular flexibility index (Phi) is 6.56. The number of thioether (sulfide) groups is 1. The van der Waals surface area contributed by atoms with E-state index in [0.29, 0.717) is 23.5 Å². The van der Waals surface area contributed by atoms with Gasteiger partial charge in [-0.2, -0.15) is 11.8 Å². The van der Waals surface area contributed by atoms with E-state index in [-0.39, 0.29) is 16.8 Å². The van der Waals surface area contributed by atoms with Gasteiger partial charge in [0.1, 0.15) is 0 Å². The number of nitrogens with zero attached hydrogens (tertiary/aromatic N) is 4. The maximum Gasteiger partial charge on any atom is 0.251 e. The Bertz CT molecular complexity index is 1090. The Balaban J connectivity index is 1.84. The number of amides is 1. The number of rotatable bonds is 8. The van der Waals surface area contributed by atoms with Gasteiger partial charge in [0.05, 0.1) is 10.9 Å². The summed E-state index contributed by atoms with van der Waals surface area (Å²) in [5.74, 6) is 1.21. The van der Waals surface area contributed by atoms with E-state index in [2.05, 4.69) is 15.5 Å². The van der Waals surface area contributed by atoms with E-state index in [1.165, 1.54) is 38.4 Å². The van der Waals surface area contributed by atoms with Crippen molar-refractivity contribution in [2.24, 2.45) is 0 Å². The molecular formula is C19H23N5O3S2. The third-order valence-corrected chi connectivity index (χ3v) is 6.94. The Morgan fingerprint density at radius 2 is 1.90 bits per heavy atom. The maximum absolute atomic E-state index is 12.8. The molecule has 0 aliphatic rings. The van der Waals surface area contributed by atoms with Crippen molar-refractivity contribution in [1.82, 2.24) is 24.2 Å². The molecule has 0 saturated heterocycles. The van der Waals surface area contributed by atoms with Crippen LogP contribution in [0.25, 0.3) is 5.65 Å². The number of fused-ring (bicyclic) bond motifs is 1. The summed E-state index contributed by atoms with van der Waals surface area (Å²) in [6, 6.07) is 11.2. The fraction of sp³-hybridized carbons (Fsp3) is 0.316. The van der Waals surface area contributed by atoms with Crippen molar-refractivity contribution >= 4 is 33.3 Å². The van der Waals surface area contributed by atoms with Crippen LogP contribution in [0.1, 0.15) is 28.6 Å². The monoisotopic (exact) mass is 433 g/mol. The van der Waals surface area contributed by atoms with Gasteiger partial charge in [0.2, 0.25) is 10.0 Å². The predicted molar refractivity (Wildman–Crippen MR) is 114 cm³/mol. The first-order chi connectivity index (χ1) is 13.8. The molecule has 2 aromatic heterocycles. The van der Waals surface area contributed by atoms with Crippen LogP contribution in [0, 0.1) is 0 Å². The molecule has 2 heterocycles. The molecule has 1 unspecified atom stereocenters. The van der Waals surface area contributed by atoms with Crippen LogP contribution < -0.4 is 5.32 Å². The minimum atomic E-state index is -3.54. The standard InChI is InChI=1S/C19H23N5O3S2/c1-23(2)29(26,27)15-9-7-14(8-10-15)19(25)20-16(11-13-28-3)18-22-21-17-6-4-5-12-24(17)18/h4-10,12,16H,11,13H2,1-3H3,(H,20,25). The molecule has 29 heavy (non-hydrogen) atoms. The van der Waals surface area contributed by atoms with Crippen LogP contribution in [0.3, 0.4) is 0 Å². The number of pyridine rings is 1. The summed E-state index contributed by atoms with van der Waals surface area (Å²) in [6.07, 6.45) is 4.56. The van der Waals surface area contributed by atoms with Crippen molar-refractivity contribution in [3.8, 4) is 0 Å². The third kappa shape index (κ3) is 4.60. The van der Waals surface area contributed by atoms with Gasteiger partial charge in [-0.05, 0) is 54.8 Å². The summed E-state index contributed by atoms with van der Waals surface area (Å²) < 4.78 is 27.4. The molecule has 0 radical (unpaired) electrons. The number of benzene rings is 1. The minimum absolute atomic E-state index is 0.140. The number of sulfonamides is 1. The van der Waals surface area contributed by atoms with Gasteiger partial charge in [-0.15, -0.1) is 10.2 Å². The van der Waals surface area contributed by atoms with Crippen LogP contribution in [-0.2, 0) is 10.0 Å². The van der Waals surface area contributed by atoms with Crippen LogP contribution in [-0.4, -0.2) is 59.3 Å². The van der Waals surface area contributed by atoms with E-state index in [0.717, 1.165) is 10.1 Å². The van der Waals surface area contributed by atoms with Crippen molar-refractivity contribution in [2.45, 2.75) is 17.4 Å². The van der Waals surface area contributed by atoms with E-state index in [9.17, 15) is 13.2 Å². The van der Waals surface area contributed by atoms with E-state index < -0.39 is 10.0 Å². The van der Waals surface area contributed by atoms with Crippen molar-refractivity contribution in [2.75, 3.05) is 26.1 Å². The molecule has 0 fully saturated rings. The molecule has 1 aromatic carbocycles. The van der Waals surface area contributed by atoms with Crippen LogP contribution in [0.15, 0.2) is 53.6 Å². The van der Waals surface area contributed by atoms with Crippen LogP contribution >= 0.6 is 11.8 Å². The first-order valence-corrected chi connectivity index (χ1v) is 11.8. The Morgan fingerprint density at radius 1 is 1.17 bits per heavy atom. The lowest BCUT2D eigenvalue weighted by Gasteiger charge is -2.17. The lowest BCUT2D eigenvalue weighted by molar-refractivity contribution is 0.0933. The lowest BCUT2D eigenvalue weighted by atomic mass is 10.1. The molecule has 0 spiro atoms. The second kappa shape index (κ2) is 8.93. The molecular weight excluding hydrogens is 410 g/mol. The quantitative estimate of drug-likeness (QED) is 0.585. The van der Waals surface area contributed by atoms with E-state index in [4.69, 9.17) is 0 Å². The van der Waals surface area contributed by atoms with Crippen molar-refractivity contribution < 1.29 is 13.2 Å². The number of carbonyl (C=O) groups is 1. The van der Waals surface area contributed by atoms with E-state index in [1.54, 1.807) is 11.8 Å². The summed E-state index contributed by atoms with van der Waals surface area (Å²) in [4.78, 5) is 12.9. The average molecular weight is 434 g/mol. The fourth-order valence-electron chi connectivity index (χ4n) is 2.83. The van der Waals surface area contributed by atoms with E-state index in [1.807, 2.05) is 35.1 Å². The summed E-state index contributed by atoms with van der Waals surface area (Å²) in [5, 5.41) is 11.4. The van der Waals surface area contributed by atoms with Gasteiger partial charge < -0.3 is 5.32 Å². The summed E-state index contributed by atoms with van der Waals surface area (Å²) in [5.41, 5.74) is 1.09. The summed E-state index contributed by atoms with van der Waals surface area (Å²) >= 11 is 1.68. The molecule has 8 nitrogen and oxygen atoms in total. The molecule has 0 aliphatic heterocycles. The topological polar surface area (TPSA) is 96.7 Å². The zero-order chi connectivity index (χ0) is 21.0. The van der Waals surface area contributed by atoms with Crippen LogP contribution in [0.2, 0.25) is 0 Å². The zero-order valence-corrected chi connectivity index (χ0v) is 18.1. The Morgan fingerprint density at radius 3 is 2.55 bits per heavy atom. The molecule has 0 saturated carbocycles. The number of nitrogens with one attached hydrogen (secondary N) is 1. The van der Waals surface area contributed by atoms with Crippen molar-refractivity contribution in [1.29, 1.82) is 0 Å². The maximum atomic E-state index is 12.8. The summed E-state index contributed by atoms with van der Waals surface area (Å²) in [6.45, 7) is 0. The highest BCUT2D eigenvalue weighted by Crippen LogP contribution is 2.20. The van der Waals surface area contributed by atoms with Gasteiger partial charge in [0.15, 0.2) is 11.5 Å². The van der Waals surface area contributed by atoms with Gasteiger partial charge in [-0.3, -0.25) is 9.20 Å². The molecule has 3 aromatic rings. The number of aromatic nitrogens is 3. The Labute approximate surface area is 174 Å². The van der Waals surface area contributed by atoms with Gasteiger partial charge in [0, 0.05) is 25.9 Å². The predicted octanol–water partition coefficient (Wildman–Crippen LogP) is 2.20. The zero-order valence-electron chi connectivity index (χ0n) is 16.4. The molecule has 1 amide bonds. The van der Waals surface area contributed by atoms with Gasteiger partial charge in [-0.25, -0.2) is 12.7 Å². The van der Waals surface area contributed by atoms with E-state index >= 15 is 0 Å². The summed E-state index contributed by atoms with van der Waals surface area (Å²) in [7, 11) is -0.602. The van der Waals surface area contributed by atoms with Crippen molar-refractivity contribution in [3.05, 3.63) is 60.0 Å². The molecule has 0 aliphatic carbocycles. The van der Waals surface area contributed by atoms with Crippen molar-refractivity contribution in [3.63, 3.8) is 0 Å². The lowest BCUT2D eigenvalue weighted by Crippen LogP contribution is -2.30. The second-order valence-electron chi connectivity index (χ2n) is 6.61. The molecule has 154 valence electrons. The SMILES string of the molecule is CSCCC(NC(=O)c1ccc(S(=O)(=O)N(C)C)cc1)c1nnc2ccccn12. The highest BCUT2D eigenvalue weighted by atomic mass is 32.2. The first-order valence-electron chi connectivity index (χ1n) is 8.96. The smallest absolute Gasteiger partial charge is 0.251 e.